The molecule has 0 aromatic carbocycles. The molecule has 0 spiro atoms. The van der Waals surface area contributed by atoms with Gasteiger partial charge in [-0.25, -0.2) is 0 Å². The number of hydrogen-bond acceptors (Lipinski definition) is 1. The zero-order valence-electron chi connectivity index (χ0n) is 9.62. The van der Waals surface area contributed by atoms with Gasteiger partial charge in [0.25, 0.3) is 0 Å². The van der Waals surface area contributed by atoms with Gasteiger partial charge in [-0.2, -0.15) is 0 Å². The van der Waals surface area contributed by atoms with Crippen LogP contribution in [0.2, 0.25) is 0 Å². The summed E-state index contributed by atoms with van der Waals surface area (Å²) in [6, 6.07) is 0. The number of rotatable bonds is 1. The molecule has 3 unspecified atom stereocenters. The van der Waals surface area contributed by atoms with Gasteiger partial charge in [0, 0.05) is 0 Å². The average Bonchev–Trinajstić information content (AvgIpc) is 2.12. The Bertz CT molecular complexity index is 306. The van der Waals surface area contributed by atoms with E-state index < -0.39 is 5.97 Å². The van der Waals surface area contributed by atoms with Crippen molar-refractivity contribution in [1.82, 2.24) is 0 Å². The molecule has 2 nitrogen and oxygen atoms in total. The summed E-state index contributed by atoms with van der Waals surface area (Å²) in [5.41, 5.74) is -0.0404. The van der Waals surface area contributed by atoms with Gasteiger partial charge in [-0.05, 0) is 55.3 Å². The summed E-state index contributed by atoms with van der Waals surface area (Å²) in [5.74, 6) is 1.26. The van der Waals surface area contributed by atoms with Gasteiger partial charge in [0.1, 0.15) is 0 Å². The van der Waals surface area contributed by atoms with Crippen LogP contribution in [0.15, 0.2) is 0 Å². The van der Waals surface area contributed by atoms with E-state index in [1.807, 2.05) is 0 Å². The molecule has 0 aromatic rings. The van der Waals surface area contributed by atoms with E-state index in [0.29, 0.717) is 23.2 Å². The van der Waals surface area contributed by atoms with Crippen LogP contribution in [0.25, 0.3) is 0 Å². The molecule has 0 aliphatic heterocycles. The van der Waals surface area contributed by atoms with Crippen molar-refractivity contribution in [2.24, 2.45) is 28.6 Å². The smallest absolute Gasteiger partial charge is 0.309 e. The topological polar surface area (TPSA) is 37.3 Å². The first-order valence-corrected chi connectivity index (χ1v) is 6.20. The number of aliphatic carboxylic acids is 1. The third-order valence-corrected chi connectivity index (χ3v) is 5.78. The summed E-state index contributed by atoms with van der Waals surface area (Å²) in [6.45, 7) is 4.51. The number of carbonyl (C=O) groups is 1. The van der Waals surface area contributed by atoms with Gasteiger partial charge >= 0.3 is 5.97 Å². The van der Waals surface area contributed by atoms with Crippen LogP contribution in [-0.4, -0.2) is 11.1 Å². The second-order valence-corrected chi connectivity index (χ2v) is 6.62. The van der Waals surface area contributed by atoms with Crippen molar-refractivity contribution in [3.05, 3.63) is 0 Å². The van der Waals surface area contributed by atoms with Crippen LogP contribution in [0.5, 0.6) is 0 Å². The van der Waals surface area contributed by atoms with Gasteiger partial charge in [-0.15, -0.1) is 0 Å². The summed E-state index contributed by atoms with van der Waals surface area (Å²) in [6.07, 6.45) is 5.77. The summed E-state index contributed by atoms with van der Waals surface area (Å²) in [4.78, 5) is 11.6. The molecule has 4 aliphatic rings. The van der Waals surface area contributed by atoms with Crippen LogP contribution < -0.4 is 0 Å². The van der Waals surface area contributed by atoms with Crippen molar-refractivity contribution in [1.29, 1.82) is 0 Å². The zero-order valence-corrected chi connectivity index (χ0v) is 9.62. The molecule has 84 valence electrons. The van der Waals surface area contributed by atoms with E-state index in [4.69, 9.17) is 0 Å². The maximum atomic E-state index is 11.6. The Morgan fingerprint density at radius 1 is 1.20 bits per heavy atom. The van der Waals surface area contributed by atoms with E-state index in [1.54, 1.807) is 0 Å². The predicted octanol–water partition coefficient (Wildman–Crippen LogP) is 2.92. The van der Waals surface area contributed by atoms with Crippen molar-refractivity contribution < 1.29 is 9.90 Å². The molecule has 0 radical (unpaired) electrons. The largest absolute Gasteiger partial charge is 0.481 e. The lowest BCUT2D eigenvalue weighted by Gasteiger charge is -2.63. The van der Waals surface area contributed by atoms with Gasteiger partial charge in [0.15, 0.2) is 0 Å². The minimum absolute atomic E-state index is 0.322. The predicted molar refractivity (Wildman–Crippen MR) is 57.4 cm³/mol. The first kappa shape index (κ1) is 9.68. The lowest BCUT2D eigenvalue weighted by molar-refractivity contribution is -0.190. The van der Waals surface area contributed by atoms with Gasteiger partial charge in [-0.3, -0.25) is 4.79 Å². The van der Waals surface area contributed by atoms with Crippen LogP contribution >= 0.6 is 0 Å². The first-order valence-electron chi connectivity index (χ1n) is 6.20. The van der Waals surface area contributed by atoms with Crippen LogP contribution in [0.1, 0.15) is 46.0 Å². The molecule has 0 amide bonds. The highest BCUT2D eigenvalue weighted by Gasteiger charge is 2.63. The molecule has 0 heterocycles. The summed E-state index contributed by atoms with van der Waals surface area (Å²) >= 11 is 0. The highest BCUT2D eigenvalue weighted by atomic mass is 16.4. The fraction of sp³-hybridized carbons (Fsp3) is 0.923. The van der Waals surface area contributed by atoms with E-state index in [9.17, 15) is 9.90 Å². The number of carboxylic acid groups (broad SMARTS) is 1. The molecule has 3 atom stereocenters. The van der Waals surface area contributed by atoms with Crippen LogP contribution in [0.4, 0.5) is 0 Å². The molecule has 2 heteroatoms. The number of carboxylic acids is 1. The molecule has 4 fully saturated rings. The standard InChI is InChI=1S/C13H20O2/c1-8-12(2)4-9-3-10(5-12)7-13(8,6-9)11(14)15/h8-10H,3-7H2,1-2H3,(H,14,15). The van der Waals surface area contributed by atoms with E-state index in [1.165, 1.54) is 19.3 Å². The van der Waals surface area contributed by atoms with E-state index in [0.717, 1.165) is 12.8 Å². The normalized spacial score (nSPS) is 57.1. The lowest BCUT2D eigenvalue weighted by Crippen LogP contribution is -2.59. The Morgan fingerprint density at radius 2 is 1.73 bits per heavy atom. The molecule has 4 aliphatic carbocycles. The van der Waals surface area contributed by atoms with Crippen molar-refractivity contribution in [2.45, 2.75) is 46.0 Å². The molecule has 0 saturated heterocycles. The van der Waals surface area contributed by atoms with Gasteiger partial charge < -0.3 is 5.11 Å². The Balaban J connectivity index is 2.07. The van der Waals surface area contributed by atoms with Crippen LogP contribution in [0.3, 0.4) is 0 Å². The maximum Gasteiger partial charge on any atom is 0.309 e. The second-order valence-electron chi connectivity index (χ2n) is 6.62. The zero-order chi connectivity index (χ0) is 10.8. The quantitative estimate of drug-likeness (QED) is 0.719. The fourth-order valence-corrected chi connectivity index (χ4v) is 5.20. The van der Waals surface area contributed by atoms with Crippen molar-refractivity contribution in [2.75, 3.05) is 0 Å². The highest BCUT2D eigenvalue weighted by Crippen LogP contribution is 2.67. The third-order valence-electron chi connectivity index (χ3n) is 5.78. The van der Waals surface area contributed by atoms with Crippen molar-refractivity contribution >= 4 is 5.97 Å². The van der Waals surface area contributed by atoms with Gasteiger partial charge in [0.05, 0.1) is 5.41 Å². The van der Waals surface area contributed by atoms with Crippen LogP contribution in [-0.2, 0) is 4.79 Å². The van der Waals surface area contributed by atoms with E-state index in [-0.39, 0.29) is 5.41 Å². The minimum Gasteiger partial charge on any atom is -0.481 e. The fourth-order valence-electron chi connectivity index (χ4n) is 5.20. The average molecular weight is 208 g/mol. The van der Waals surface area contributed by atoms with Gasteiger partial charge in [-0.1, -0.05) is 13.8 Å². The third kappa shape index (κ3) is 1.03. The Labute approximate surface area is 91.1 Å². The van der Waals surface area contributed by atoms with Gasteiger partial charge in [0.2, 0.25) is 0 Å². The molecular weight excluding hydrogens is 188 g/mol. The van der Waals surface area contributed by atoms with E-state index in [2.05, 4.69) is 13.8 Å². The Hall–Kier alpha value is -0.530. The molecule has 4 saturated carbocycles. The lowest BCUT2D eigenvalue weighted by atomic mass is 9.40. The van der Waals surface area contributed by atoms with Crippen molar-refractivity contribution in [3.8, 4) is 0 Å². The monoisotopic (exact) mass is 208 g/mol. The second kappa shape index (κ2) is 2.58. The minimum atomic E-state index is -0.518. The first-order chi connectivity index (χ1) is 6.96. The number of hydrogen-bond donors (Lipinski definition) is 1. The SMILES string of the molecule is CC1C2(C)CC3CC(C2)CC1(C(=O)O)C3. The summed E-state index contributed by atoms with van der Waals surface area (Å²) < 4.78 is 0. The van der Waals surface area contributed by atoms with Crippen LogP contribution in [0, 0.1) is 28.6 Å². The van der Waals surface area contributed by atoms with Crippen molar-refractivity contribution in [3.63, 3.8) is 0 Å². The molecule has 1 N–H and O–H groups in total. The Morgan fingerprint density at radius 3 is 2.20 bits per heavy atom. The molecular formula is C13H20O2. The molecule has 15 heavy (non-hydrogen) atoms. The summed E-state index contributed by atoms with van der Waals surface area (Å²) in [7, 11) is 0. The van der Waals surface area contributed by atoms with E-state index >= 15 is 0 Å². The maximum absolute atomic E-state index is 11.6. The molecule has 0 aromatic heterocycles. The Kier molecular flexibility index (Phi) is 1.67. The highest BCUT2D eigenvalue weighted by molar-refractivity contribution is 5.76. The molecule has 4 bridgehead atoms. The molecule has 4 rings (SSSR count). The summed E-state index contributed by atoms with van der Waals surface area (Å²) in [5, 5.41) is 9.56.